The zero-order valence-electron chi connectivity index (χ0n) is 25.6. The van der Waals surface area contributed by atoms with Crippen LogP contribution in [-0.4, -0.2) is 82.5 Å². The molecule has 0 aromatic heterocycles. The summed E-state index contributed by atoms with van der Waals surface area (Å²) in [6.45, 7) is 3.78. The van der Waals surface area contributed by atoms with E-state index < -0.39 is 38.1 Å². The number of allylic oxidation sites excluding steroid dienone is 4. The summed E-state index contributed by atoms with van der Waals surface area (Å²) >= 11 is 0. The van der Waals surface area contributed by atoms with Crippen LogP contribution in [-0.2, 0) is 45.4 Å². The van der Waals surface area contributed by atoms with Crippen molar-refractivity contribution >= 4 is 33.5 Å². The monoisotopic (exact) mass is 608 g/mol. The molecule has 4 unspecified atom stereocenters. The zero-order chi connectivity index (χ0) is 30.4. The summed E-state index contributed by atoms with van der Waals surface area (Å²) in [6, 6.07) is 0. The summed E-state index contributed by atoms with van der Waals surface area (Å²) in [5.41, 5.74) is 0. The largest absolute Gasteiger partial charge is 0.480 e. The number of carbonyl (C=O) groups excluding carboxylic acids is 1. The SMILES string of the molecule is CCOC(=O)C(CC=CCCCCCCCOC)S(C)=O.COCCCCCCCC=CCC(C(=O)O)S(C)=O. The van der Waals surface area contributed by atoms with E-state index in [4.69, 9.17) is 19.3 Å². The Bertz CT molecular complexity index is 710. The molecular formula is C30H56O8S2. The van der Waals surface area contributed by atoms with Crippen molar-refractivity contribution in [1.82, 2.24) is 0 Å². The Kier molecular flexibility index (Phi) is 31.2. The first-order valence-corrected chi connectivity index (χ1v) is 17.8. The first kappa shape index (κ1) is 40.8. The molecule has 0 aromatic rings. The molecule has 0 amide bonds. The predicted molar refractivity (Wildman–Crippen MR) is 167 cm³/mol. The normalized spacial score (nSPS) is 14.4. The van der Waals surface area contributed by atoms with Crippen LogP contribution in [0.4, 0.5) is 0 Å². The van der Waals surface area contributed by atoms with E-state index in [0.29, 0.717) is 19.4 Å². The highest BCUT2D eigenvalue weighted by Gasteiger charge is 2.22. The Balaban J connectivity index is 0. The van der Waals surface area contributed by atoms with E-state index in [1.54, 1.807) is 27.4 Å². The van der Waals surface area contributed by atoms with Gasteiger partial charge in [0.25, 0.3) is 0 Å². The minimum atomic E-state index is -1.31. The molecule has 0 bridgehead atoms. The molecule has 0 saturated heterocycles. The van der Waals surface area contributed by atoms with E-state index in [9.17, 15) is 18.0 Å². The second-order valence-corrected chi connectivity index (χ2v) is 12.7. The number of unbranched alkanes of at least 4 members (excludes halogenated alkanes) is 10. The molecule has 0 rings (SSSR count). The number of carboxylic acid groups (broad SMARTS) is 1. The third-order valence-electron chi connectivity index (χ3n) is 6.10. The number of ether oxygens (including phenoxy) is 3. The molecule has 0 aliphatic rings. The Morgan fingerprint density at radius 1 is 0.675 bits per heavy atom. The zero-order valence-corrected chi connectivity index (χ0v) is 27.2. The molecule has 0 spiro atoms. The number of rotatable bonds is 25. The van der Waals surface area contributed by atoms with Gasteiger partial charge in [0.05, 0.1) is 6.61 Å². The summed E-state index contributed by atoms with van der Waals surface area (Å²) < 4.78 is 37.6. The van der Waals surface area contributed by atoms with Gasteiger partial charge in [-0.25, -0.2) is 0 Å². The minimum Gasteiger partial charge on any atom is -0.480 e. The van der Waals surface area contributed by atoms with Gasteiger partial charge in [0.1, 0.15) is 10.5 Å². The summed E-state index contributed by atoms with van der Waals surface area (Å²) in [5, 5.41) is 7.54. The molecule has 8 nitrogen and oxygen atoms in total. The van der Waals surface area contributed by atoms with Crippen LogP contribution in [0.1, 0.15) is 96.8 Å². The molecule has 0 saturated carbocycles. The van der Waals surface area contributed by atoms with E-state index in [-0.39, 0.29) is 5.97 Å². The quantitative estimate of drug-likeness (QED) is 0.0764. The topological polar surface area (TPSA) is 116 Å². The van der Waals surface area contributed by atoms with Gasteiger partial charge in [0, 0.05) is 61.5 Å². The Morgan fingerprint density at radius 3 is 1.45 bits per heavy atom. The van der Waals surface area contributed by atoms with Gasteiger partial charge < -0.3 is 19.3 Å². The van der Waals surface area contributed by atoms with Crippen LogP contribution >= 0.6 is 0 Å². The van der Waals surface area contributed by atoms with Gasteiger partial charge in [-0.1, -0.05) is 62.8 Å². The second kappa shape index (κ2) is 30.6. The van der Waals surface area contributed by atoms with Gasteiger partial charge >= 0.3 is 11.9 Å². The van der Waals surface area contributed by atoms with Crippen LogP contribution in [0.15, 0.2) is 24.3 Å². The maximum absolute atomic E-state index is 11.6. The summed E-state index contributed by atoms with van der Waals surface area (Å²) in [7, 11) is 0.959. The maximum atomic E-state index is 11.6. The van der Waals surface area contributed by atoms with Crippen molar-refractivity contribution in [2.24, 2.45) is 0 Å². The molecular weight excluding hydrogens is 552 g/mol. The third kappa shape index (κ3) is 26.8. The predicted octanol–water partition coefficient (Wildman–Crippen LogP) is 5.98. The number of aliphatic carboxylic acids is 1. The molecule has 0 radical (unpaired) electrons. The van der Waals surface area contributed by atoms with Crippen molar-refractivity contribution < 1.29 is 37.3 Å². The molecule has 10 heteroatoms. The number of hydrogen-bond acceptors (Lipinski definition) is 7. The van der Waals surface area contributed by atoms with Gasteiger partial charge in [-0.15, -0.1) is 0 Å². The van der Waals surface area contributed by atoms with Gasteiger partial charge in [0.15, 0.2) is 0 Å². The first-order chi connectivity index (χ1) is 19.2. The molecule has 40 heavy (non-hydrogen) atoms. The molecule has 0 heterocycles. The summed E-state index contributed by atoms with van der Waals surface area (Å²) in [5.74, 6) is -1.34. The van der Waals surface area contributed by atoms with E-state index in [1.165, 1.54) is 44.8 Å². The second-order valence-electron chi connectivity index (χ2n) is 9.58. The van der Waals surface area contributed by atoms with Crippen molar-refractivity contribution in [1.29, 1.82) is 0 Å². The fraction of sp³-hybridized carbons (Fsp3) is 0.800. The van der Waals surface area contributed by atoms with Crippen molar-refractivity contribution in [2.45, 2.75) is 107 Å². The van der Waals surface area contributed by atoms with Crippen LogP contribution in [0, 0.1) is 0 Å². The maximum Gasteiger partial charge on any atom is 0.322 e. The number of carbonyl (C=O) groups is 2. The lowest BCUT2D eigenvalue weighted by Crippen LogP contribution is -2.27. The number of methoxy groups -OCH3 is 2. The highest BCUT2D eigenvalue weighted by Crippen LogP contribution is 2.09. The molecule has 0 aliphatic heterocycles. The van der Waals surface area contributed by atoms with E-state index in [2.05, 4.69) is 6.08 Å². The van der Waals surface area contributed by atoms with Gasteiger partial charge in [-0.3, -0.25) is 18.0 Å². The first-order valence-electron chi connectivity index (χ1n) is 14.5. The fourth-order valence-electron chi connectivity index (χ4n) is 3.73. The highest BCUT2D eigenvalue weighted by molar-refractivity contribution is 7.85. The molecule has 1 N–H and O–H groups in total. The molecule has 236 valence electrons. The van der Waals surface area contributed by atoms with Crippen molar-refractivity contribution in [2.75, 3.05) is 46.6 Å². The fourth-order valence-corrected chi connectivity index (χ4v) is 5.12. The Labute approximate surface area is 248 Å². The number of carboxylic acids is 1. The molecule has 0 fully saturated rings. The van der Waals surface area contributed by atoms with Crippen LogP contribution in [0.3, 0.4) is 0 Å². The average Bonchev–Trinajstić information content (AvgIpc) is 2.90. The molecule has 0 aliphatic carbocycles. The van der Waals surface area contributed by atoms with Crippen molar-refractivity contribution in [3.8, 4) is 0 Å². The number of esters is 1. The third-order valence-corrected chi connectivity index (χ3v) is 8.48. The van der Waals surface area contributed by atoms with E-state index in [0.717, 1.165) is 51.7 Å². The van der Waals surface area contributed by atoms with Crippen molar-refractivity contribution in [3.05, 3.63) is 24.3 Å². The lowest BCUT2D eigenvalue weighted by Gasteiger charge is -2.10. The molecule has 4 atom stereocenters. The Morgan fingerprint density at radius 2 is 1.07 bits per heavy atom. The van der Waals surface area contributed by atoms with Gasteiger partial charge in [-0.05, 0) is 58.3 Å². The average molecular weight is 609 g/mol. The van der Waals surface area contributed by atoms with Crippen LogP contribution < -0.4 is 0 Å². The lowest BCUT2D eigenvalue weighted by atomic mass is 10.1. The van der Waals surface area contributed by atoms with Crippen LogP contribution in [0.25, 0.3) is 0 Å². The smallest absolute Gasteiger partial charge is 0.322 e. The highest BCUT2D eigenvalue weighted by atomic mass is 32.2. The van der Waals surface area contributed by atoms with Gasteiger partial charge in [-0.2, -0.15) is 0 Å². The number of hydrogen-bond donors (Lipinski definition) is 1. The van der Waals surface area contributed by atoms with E-state index >= 15 is 0 Å². The summed E-state index contributed by atoms with van der Waals surface area (Å²) in [6.07, 6.45) is 25.5. The van der Waals surface area contributed by atoms with Crippen molar-refractivity contribution in [3.63, 3.8) is 0 Å². The van der Waals surface area contributed by atoms with Crippen LogP contribution in [0.2, 0.25) is 0 Å². The standard InChI is InChI=1S/C16H30O4S.C14H26O4S/c1-4-20-16(17)15(21(3)18)13-11-9-7-5-6-8-10-12-14-19-2;1-18-12-10-8-6-4-3-5-7-9-11-13(14(15)16)19(2)17/h9,11,15H,4-8,10,12-14H2,1-3H3;7,9,13H,3-6,8,10-12H2,1-2H3,(H,15,16). The minimum absolute atomic E-state index is 0.333. The molecule has 0 aromatic carbocycles. The van der Waals surface area contributed by atoms with Crippen LogP contribution in [0.5, 0.6) is 0 Å². The van der Waals surface area contributed by atoms with Gasteiger partial charge in [0.2, 0.25) is 0 Å². The van der Waals surface area contributed by atoms with E-state index in [1.807, 2.05) is 18.2 Å². The Hall–Kier alpha value is -1.36. The summed E-state index contributed by atoms with van der Waals surface area (Å²) in [4.78, 5) is 22.4. The lowest BCUT2D eigenvalue weighted by molar-refractivity contribution is -0.142.